The quantitative estimate of drug-likeness (QED) is 0.165. The standard InChI is InChI=1S/C15H20N2O5S.C14H17ClN2O2.C14H18N2O3/c1-23(19,20)22-11-14-8-7-13-9-16(14)15(18)17(13)21-10-12-5-3-2-4-6-12;15-8-12-6-7-13-9-16(12)14(18)17(13)19-10-11-4-2-1-3-5-11;17-9-13-7-6-12-8-15(13)14(18)16(12)19-10-11-4-2-1-3-5-11/h2-6,13-14H,7-11H2,1H3;1-5,12-13H,6-10H2;1-5,12-13,17H,6-10H2/t13-,14+;2*12-,13+/m101/s1. The third kappa shape index (κ3) is 11.1. The number of fused-ring (bicyclic) bond motifs is 6. The summed E-state index contributed by atoms with van der Waals surface area (Å²) < 4.78 is 27.1. The van der Waals surface area contributed by atoms with Crippen LogP contribution in [0.5, 0.6) is 0 Å². The normalized spacial score (nSPS) is 25.4. The van der Waals surface area contributed by atoms with Gasteiger partial charge in [-0.25, -0.2) is 14.4 Å². The number of hydrogen-bond donors (Lipinski definition) is 1. The number of amides is 6. The number of carbonyl (C=O) groups is 3. The Bertz CT molecular complexity index is 1940. The van der Waals surface area contributed by atoms with E-state index in [9.17, 15) is 27.9 Å². The topological polar surface area (TPSA) is 162 Å². The van der Waals surface area contributed by atoms with Gasteiger partial charge in [-0.15, -0.1) is 11.6 Å². The molecule has 3 aromatic rings. The first-order valence-corrected chi connectivity index (χ1v) is 23.2. The van der Waals surface area contributed by atoms with Gasteiger partial charge in [-0.3, -0.25) is 18.7 Å². The van der Waals surface area contributed by atoms with Crippen molar-refractivity contribution >= 4 is 39.8 Å². The van der Waals surface area contributed by atoms with Gasteiger partial charge in [0.15, 0.2) is 0 Å². The highest BCUT2D eigenvalue weighted by molar-refractivity contribution is 7.85. The lowest BCUT2D eigenvalue weighted by Gasteiger charge is -2.29. The molecular weight excluding hydrogens is 828 g/mol. The Morgan fingerprint density at radius 3 is 1.26 bits per heavy atom. The van der Waals surface area contributed by atoms with Gasteiger partial charge in [0, 0.05) is 31.6 Å². The summed E-state index contributed by atoms with van der Waals surface area (Å²) in [5, 5.41) is 13.7. The van der Waals surface area contributed by atoms with Gasteiger partial charge in [0.05, 0.1) is 49.7 Å². The fourth-order valence-electron chi connectivity index (χ4n) is 8.51. The van der Waals surface area contributed by atoms with Gasteiger partial charge in [-0.1, -0.05) is 91.0 Å². The van der Waals surface area contributed by atoms with E-state index >= 15 is 0 Å². The molecule has 6 aliphatic heterocycles. The van der Waals surface area contributed by atoms with Crippen LogP contribution in [0.4, 0.5) is 14.4 Å². The van der Waals surface area contributed by atoms with Crippen molar-refractivity contribution in [2.75, 3.05) is 45.0 Å². The second-order valence-corrected chi connectivity index (χ2v) is 18.0. The SMILES string of the molecule is CS(=O)(=O)OC[C@@H]1CC[C@@H]2CN1C(=O)N2OCc1ccccc1.O=C1N2C[C@@H](CC[C@H]2CCl)N1OCc1ccccc1.O=C1N2C[C@@H](CC[C@H]2CO)N1OCc1ccccc1. The van der Waals surface area contributed by atoms with E-state index in [0.29, 0.717) is 45.2 Å². The first-order valence-electron chi connectivity index (χ1n) is 20.8. The number of aliphatic hydroxyl groups excluding tert-OH is 1. The molecule has 0 radical (unpaired) electrons. The molecule has 0 spiro atoms. The third-order valence-corrected chi connectivity index (χ3v) is 12.8. The smallest absolute Gasteiger partial charge is 0.344 e. The molecule has 6 amide bonds. The fourth-order valence-corrected chi connectivity index (χ4v) is 9.24. The van der Waals surface area contributed by atoms with Crippen LogP contribution in [0, 0.1) is 0 Å². The number of urea groups is 3. The van der Waals surface area contributed by atoms with Gasteiger partial charge >= 0.3 is 18.1 Å². The van der Waals surface area contributed by atoms with Crippen LogP contribution < -0.4 is 0 Å². The highest BCUT2D eigenvalue weighted by Gasteiger charge is 2.47. The maximum absolute atomic E-state index is 12.5. The van der Waals surface area contributed by atoms with Crippen LogP contribution in [0.3, 0.4) is 0 Å². The van der Waals surface area contributed by atoms with Gasteiger partial charge in [0.25, 0.3) is 10.1 Å². The Balaban J connectivity index is 0.000000139. The molecule has 0 aromatic heterocycles. The summed E-state index contributed by atoms with van der Waals surface area (Å²) in [4.78, 5) is 59.2. The highest BCUT2D eigenvalue weighted by atomic mass is 35.5. The van der Waals surface area contributed by atoms with Crippen molar-refractivity contribution < 1.29 is 46.6 Å². The molecule has 18 heteroatoms. The predicted molar refractivity (Wildman–Crippen MR) is 225 cm³/mol. The Labute approximate surface area is 362 Å². The molecule has 0 aliphatic carbocycles. The molecule has 61 heavy (non-hydrogen) atoms. The number of alkyl halides is 1. The van der Waals surface area contributed by atoms with Crippen molar-refractivity contribution in [3.05, 3.63) is 108 Å². The van der Waals surface area contributed by atoms with Crippen LogP contribution in [0.25, 0.3) is 0 Å². The number of piperidine rings is 3. The van der Waals surface area contributed by atoms with Crippen molar-refractivity contribution in [3.8, 4) is 0 Å². The minimum absolute atomic E-state index is 0.00379. The largest absolute Gasteiger partial charge is 0.394 e. The van der Waals surface area contributed by atoms with E-state index < -0.39 is 10.1 Å². The molecule has 330 valence electrons. The number of aliphatic hydroxyl groups is 1. The van der Waals surface area contributed by atoms with Gasteiger partial charge in [-0.2, -0.15) is 23.6 Å². The molecule has 6 heterocycles. The summed E-state index contributed by atoms with van der Waals surface area (Å²) in [5.41, 5.74) is 3.11. The minimum atomic E-state index is -3.50. The van der Waals surface area contributed by atoms with E-state index in [1.54, 1.807) is 14.9 Å². The number of rotatable bonds is 14. The third-order valence-electron chi connectivity index (χ3n) is 11.8. The summed E-state index contributed by atoms with van der Waals surface area (Å²) in [6.45, 7) is 3.16. The van der Waals surface area contributed by atoms with Gasteiger partial charge in [0.1, 0.15) is 19.8 Å². The van der Waals surface area contributed by atoms with Crippen molar-refractivity contribution in [3.63, 3.8) is 0 Å². The lowest BCUT2D eigenvalue weighted by molar-refractivity contribution is -0.140. The van der Waals surface area contributed by atoms with Gasteiger partial charge in [0.2, 0.25) is 0 Å². The highest BCUT2D eigenvalue weighted by Crippen LogP contribution is 2.33. The second kappa shape index (κ2) is 20.6. The van der Waals surface area contributed by atoms with Gasteiger partial charge in [-0.05, 0) is 55.2 Å². The van der Waals surface area contributed by atoms with Gasteiger partial charge < -0.3 is 19.8 Å². The molecule has 16 nitrogen and oxygen atoms in total. The fraction of sp³-hybridized carbons (Fsp3) is 0.512. The first kappa shape index (κ1) is 44.6. The number of hydrogen-bond acceptors (Lipinski definition) is 10. The van der Waals surface area contributed by atoms with Crippen molar-refractivity contribution in [2.24, 2.45) is 0 Å². The number of carbonyl (C=O) groups excluding carboxylic acids is 3. The Kier molecular flexibility index (Phi) is 15.0. The van der Waals surface area contributed by atoms with Crippen LogP contribution in [0.2, 0.25) is 0 Å². The molecular formula is C43H55ClN6O10S. The van der Waals surface area contributed by atoms with Crippen LogP contribution >= 0.6 is 11.6 Å². The van der Waals surface area contributed by atoms with E-state index in [1.807, 2.05) is 95.9 Å². The predicted octanol–water partition coefficient (Wildman–Crippen LogP) is 5.37. The van der Waals surface area contributed by atoms with Crippen LogP contribution in [-0.4, -0.2) is 143 Å². The van der Waals surface area contributed by atoms with E-state index in [2.05, 4.69) is 0 Å². The number of halogens is 1. The Hall–Kier alpha value is -4.49. The number of benzene rings is 3. The summed E-state index contributed by atoms with van der Waals surface area (Å²) in [6.07, 6.45) is 6.16. The molecule has 6 atom stereocenters. The monoisotopic (exact) mass is 882 g/mol. The zero-order chi connectivity index (χ0) is 42.9. The lowest BCUT2D eigenvalue weighted by atomic mass is 10.0. The molecule has 1 N–H and O–H groups in total. The minimum Gasteiger partial charge on any atom is -0.394 e. The molecule has 6 bridgehead atoms. The molecule has 3 aromatic carbocycles. The Morgan fingerprint density at radius 1 is 0.557 bits per heavy atom. The van der Waals surface area contributed by atoms with E-state index in [0.717, 1.165) is 61.6 Å². The number of hydroxylamine groups is 6. The first-order chi connectivity index (χ1) is 29.5. The molecule has 0 saturated carbocycles. The summed E-state index contributed by atoms with van der Waals surface area (Å²) in [7, 11) is -3.50. The van der Waals surface area contributed by atoms with E-state index in [4.69, 9.17) is 30.3 Å². The van der Waals surface area contributed by atoms with Crippen molar-refractivity contribution in [1.82, 2.24) is 29.9 Å². The molecule has 9 rings (SSSR count). The molecule has 0 unspecified atom stereocenters. The van der Waals surface area contributed by atoms with Crippen molar-refractivity contribution in [1.29, 1.82) is 0 Å². The summed E-state index contributed by atoms with van der Waals surface area (Å²) >= 11 is 5.91. The molecule has 6 aliphatic rings. The average molecular weight is 883 g/mol. The maximum Gasteiger partial charge on any atom is 0.344 e. The number of nitrogens with zero attached hydrogens (tertiary/aromatic N) is 6. The Morgan fingerprint density at radius 2 is 0.902 bits per heavy atom. The van der Waals surface area contributed by atoms with Crippen LogP contribution in [-0.2, 0) is 48.6 Å². The lowest BCUT2D eigenvalue weighted by Crippen LogP contribution is -2.43. The molecule has 6 saturated heterocycles. The summed E-state index contributed by atoms with van der Waals surface area (Å²) in [5.74, 6) is 0.505. The maximum atomic E-state index is 12.5. The van der Waals surface area contributed by atoms with E-state index in [-0.39, 0.29) is 67.6 Å². The van der Waals surface area contributed by atoms with E-state index in [1.165, 1.54) is 10.1 Å². The summed E-state index contributed by atoms with van der Waals surface area (Å²) in [6, 6.07) is 29.2. The zero-order valence-electron chi connectivity index (χ0n) is 34.3. The second-order valence-electron chi connectivity index (χ2n) is 16.0. The molecule has 6 fully saturated rings. The van der Waals surface area contributed by atoms with Crippen LogP contribution in [0.1, 0.15) is 55.2 Å². The average Bonchev–Trinajstić information content (AvgIpc) is 3.79. The van der Waals surface area contributed by atoms with Crippen LogP contribution in [0.15, 0.2) is 91.0 Å². The zero-order valence-corrected chi connectivity index (χ0v) is 35.9. The van der Waals surface area contributed by atoms with Crippen molar-refractivity contribution in [2.45, 2.75) is 94.6 Å².